The van der Waals surface area contributed by atoms with Gasteiger partial charge >= 0.3 is 5.97 Å². The van der Waals surface area contributed by atoms with Crippen LogP contribution in [0.25, 0.3) is 0 Å². The fourth-order valence-corrected chi connectivity index (χ4v) is 4.97. The van der Waals surface area contributed by atoms with E-state index in [9.17, 15) is 4.79 Å². The molecule has 0 N–H and O–H groups in total. The second-order valence-corrected chi connectivity index (χ2v) is 6.53. The summed E-state index contributed by atoms with van der Waals surface area (Å²) >= 11 is 0. The van der Waals surface area contributed by atoms with Gasteiger partial charge in [0.25, 0.3) is 0 Å². The van der Waals surface area contributed by atoms with E-state index in [1.807, 2.05) is 24.3 Å². The van der Waals surface area contributed by atoms with Gasteiger partial charge in [0.05, 0.1) is 10.8 Å². The maximum Gasteiger partial charge on any atom is 0.314 e. The van der Waals surface area contributed by atoms with Crippen molar-refractivity contribution < 1.29 is 9.53 Å². The minimum Gasteiger partial charge on any atom is -0.464 e. The lowest BCUT2D eigenvalue weighted by Gasteiger charge is -2.22. The van der Waals surface area contributed by atoms with E-state index < -0.39 is 5.41 Å². The Bertz CT molecular complexity index is 780. The van der Waals surface area contributed by atoms with Crippen LogP contribution in [-0.2, 0) is 14.9 Å². The Balaban J connectivity index is 1.69. The molecule has 1 saturated heterocycles. The molecule has 4 atom stereocenters. The third kappa shape index (κ3) is 1.14. The first-order valence-corrected chi connectivity index (χ1v) is 7.78. The summed E-state index contributed by atoms with van der Waals surface area (Å²) in [5, 5.41) is 0. The van der Waals surface area contributed by atoms with Crippen molar-refractivity contribution in [2.45, 2.75) is 11.3 Å². The normalized spacial score (nSPS) is 37.5. The minimum atomic E-state index is -0.421. The van der Waals surface area contributed by atoms with Gasteiger partial charge < -0.3 is 4.74 Å². The van der Waals surface area contributed by atoms with Gasteiger partial charge in [-0.15, -0.1) is 0 Å². The van der Waals surface area contributed by atoms with Crippen LogP contribution in [0.5, 0.6) is 0 Å². The molecule has 2 aliphatic carbocycles. The number of benzene rings is 2. The van der Waals surface area contributed by atoms with E-state index in [1.165, 1.54) is 11.1 Å². The number of hydrogen-bond donors (Lipinski definition) is 0. The Morgan fingerprint density at radius 1 is 0.909 bits per heavy atom. The van der Waals surface area contributed by atoms with E-state index in [1.54, 1.807) is 0 Å². The van der Waals surface area contributed by atoms with Crippen molar-refractivity contribution in [1.82, 2.24) is 0 Å². The highest BCUT2D eigenvalue weighted by Crippen LogP contribution is 2.81. The zero-order valence-corrected chi connectivity index (χ0v) is 12.1. The smallest absolute Gasteiger partial charge is 0.314 e. The van der Waals surface area contributed by atoms with Crippen LogP contribution in [0.15, 0.2) is 72.8 Å². The fourth-order valence-electron chi connectivity index (χ4n) is 4.97. The summed E-state index contributed by atoms with van der Waals surface area (Å²) in [4.78, 5) is 12.7. The SMILES string of the molecule is O=C1OC[C@@]2(c3ccccc3)C3C=C[C@@H](c4ccccc4)C132. The standard InChI is InChI=1S/C20H16O2/c21-18-20-16(14-7-3-1-4-8-14)11-12-17(20)19(20,13-22-18)15-9-5-2-6-10-15/h1-12,16-17H,13H2/t16-,17?,19+,20?/m0/s1. The van der Waals surface area contributed by atoms with E-state index in [2.05, 4.69) is 48.6 Å². The summed E-state index contributed by atoms with van der Waals surface area (Å²) in [5.74, 6) is 0.364. The third-order valence-corrected chi connectivity index (χ3v) is 5.88. The number of hydrogen-bond acceptors (Lipinski definition) is 2. The van der Waals surface area contributed by atoms with Gasteiger partial charge in [0.2, 0.25) is 0 Å². The molecule has 1 heterocycles. The number of carbonyl (C=O) groups is 1. The lowest BCUT2D eigenvalue weighted by atomic mass is 9.77. The highest BCUT2D eigenvalue weighted by atomic mass is 16.5. The van der Waals surface area contributed by atoms with Crippen molar-refractivity contribution in [3.8, 4) is 0 Å². The zero-order valence-electron chi connectivity index (χ0n) is 12.1. The Morgan fingerprint density at radius 2 is 1.59 bits per heavy atom. The van der Waals surface area contributed by atoms with Gasteiger partial charge in [-0.1, -0.05) is 72.8 Å². The van der Waals surface area contributed by atoms with Gasteiger partial charge in [0, 0.05) is 11.8 Å². The average molecular weight is 288 g/mol. The van der Waals surface area contributed by atoms with Gasteiger partial charge in [0.1, 0.15) is 6.61 Å². The number of esters is 1. The molecule has 2 fully saturated rings. The van der Waals surface area contributed by atoms with Crippen molar-refractivity contribution in [1.29, 1.82) is 0 Å². The van der Waals surface area contributed by atoms with Crippen molar-refractivity contribution in [2.24, 2.45) is 11.3 Å². The average Bonchev–Trinajstić information content (AvgIpc) is 2.85. The molecule has 2 heteroatoms. The molecule has 5 rings (SSSR count). The molecule has 2 aromatic carbocycles. The largest absolute Gasteiger partial charge is 0.464 e. The topological polar surface area (TPSA) is 26.3 Å². The Labute approximate surface area is 129 Å². The summed E-state index contributed by atoms with van der Waals surface area (Å²) in [6, 6.07) is 20.7. The molecule has 1 spiro atoms. The summed E-state index contributed by atoms with van der Waals surface area (Å²) < 4.78 is 5.55. The molecular formula is C20H16O2. The molecule has 0 bridgehead atoms. The monoisotopic (exact) mass is 288 g/mol. The van der Waals surface area contributed by atoms with Crippen LogP contribution in [-0.4, -0.2) is 12.6 Å². The van der Waals surface area contributed by atoms with E-state index in [0.29, 0.717) is 6.61 Å². The highest BCUT2D eigenvalue weighted by molar-refractivity contribution is 5.92. The number of allylic oxidation sites excluding steroid dienone is 2. The molecule has 2 aromatic rings. The van der Waals surface area contributed by atoms with Crippen LogP contribution in [0.2, 0.25) is 0 Å². The van der Waals surface area contributed by atoms with Crippen molar-refractivity contribution in [3.63, 3.8) is 0 Å². The first-order valence-electron chi connectivity index (χ1n) is 7.78. The predicted molar refractivity (Wildman–Crippen MR) is 83.3 cm³/mol. The maximum atomic E-state index is 12.7. The van der Waals surface area contributed by atoms with Gasteiger partial charge in [0.15, 0.2) is 0 Å². The molecule has 22 heavy (non-hydrogen) atoms. The van der Waals surface area contributed by atoms with Gasteiger partial charge in [-0.25, -0.2) is 0 Å². The molecule has 108 valence electrons. The summed E-state index contributed by atoms with van der Waals surface area (Å²) in [6.45, 7) is 0.508. The number of carbonyl (C=O) groups excluding carboxylic acids is 1. The molecule has 1 saturated carbocycles. The summed E-state index contributed by atoms with van der Waals surface area (Å²) in [7, 11) is 0. The summed E-state index contributed by atoms with van der Waals surface area (Å²) in [5.41, 5.74) is 1.85. The highest BCUT2D eigenvalue weighted by Gasteiger charge is 2.88. The van der Waals surface area contributed by atoms with Crippen LogP contribution in [0.4, 0.5) is 0 Å². The van der Waals surface area contributed by atoms with Crippen molar-refractivity contribution in [2.75, 3.05) is 6.61 Å². The molecule has 0 radical (unpaired) electrons. The quantitative estimate of drug-likeness (QED) is 0.625. The van der Waals surface area contributed by atoms with E-state index in [0.717, 1.165) is 0 Å². The van der Waals surface area contributed by atoms with Crippen LogP contribution in [0, 0.1) is 11.3 Å². The molecule has 0 aromatic heterocycles. The van der Waals surface area contributed by atoms with Gasteiger partial charge in [-0.2, -0.15) is 0 Å². The molecule has 2 nitrogen and oxygen atoms in total. The van der Waals surface area contributed by atoms with Gasteiger partial charge in [-0.05, 0) is 11.1 Å². The fraction of sp³-hybridized carbons (Fsp3) is 0.250. The lowest BCUT2D eigenvalue weighted by Crippen LogP contribution is -2.25. The van der Waals surface area contributed by atoms with E-state index in [4.69, 9.17) is 4.74 Å². The third-order valence-electron chi connectivity index (χ3n) is 5.88. The molecule has 3 aliphatic rings. The first-order chi connectivity index (χ1) is 10.8. The Kier molecular flexibility index (Phi) is 2.16. The second-order valence-electron chi connectivity index (χ2n) is 6.53. The second kappa shape index (κ2) is 3.89. The van der Waals surface area contributed by atoms with Crippen LogP contribution < -0.4 is 0 Å². The van der Waals surface area contributed by atoms with Crippen LogP contribution in [0.3, 0.4) is 0 Å². The Morgan fingerprint density at radius 3 is 2.32 bits per heavy atom. The Hall–Kier alpha value is -2.35. The van der Waals surface area contributed by atoms with Crippen molar-refractivity contribution >= 4 is 5.97 Å². The predicted octanol–water partition coefficient (Wildman–Crippen LogP) is 3.45. The number of cyclic esters (lactones) is 1. The molecule has 1 aliphatic heterocycles. The minimum absolute atomic E-state index is 0.0276. The van der Waals surface area contributed by atoms with Crippen LogP contribution >= 0.6 is 0 Å². The lowest BCUT2D eigenvalue weighted by molar-refractivity contribution is -0.145. The molecule has 2 unspecified atom stereocenters. The number of fused-ring (bicyclic) bond motifs is 1. The van der Waals surface area contributed by atoms with Gasteiger partial charge in [-0.3, -0.25) is 4.79 Å². The molecule has 0 amide bonds. The number of ether oxygens (including phenoxy) is 1. The van der Waals surface area contributed by atoms with E-state index >= 15 is 0 Å². The van der Waals surface area contributed by atoms with Crippen LogP contribution in [0.1, 0.15) is 17.0 Å². The van der Waals surface area contributed by atoms with Crippen molar-refractivity contribution in [3.05, 3.63) is 83.9 Å². The van der Waals surface area contributed by atoms with E-state index in [-0.39, 0.29) is 23.2 Å². The first kappa shape index (κ1) is 12.2. The number of rotatable bonds is 2. The molecular weight excluding hydrogens is 272 g/mol. The maximum absolute atomic E-state index is 12.7. The zero-order chi connectivity index (χ0) is 14.8. The summed E-state index contributed by atoms with van der Waals surface area (Å²) in [6.07, 6.45) is 4.44.